The number of imidazole rings is 1. The van der Waals surface area contributed by atoms with Crippen LogP contribution in [-0.4, -0.2) is 26.7 Å². The van der Waals surface area contributed by atoms with Gasteiger partial charge in [0.15, 0.2) is 0 Å². The van der Waals surface area contributed by atoms with Gasteiger partial charge in [-0.15, -0.1) is 0 Å². The van der Waals surface area contributed by atoms with Gasteiger partial charge in [-0.3, -0.25) is 4.57 Å². The molecule has 0 aliphatic carbocycles. The maximum atomic E-state index is 12.8. The van der Waals surface area contributed by atoms with E-state index in [0.717, 1.165) is 4.57 Å². The second kappa shape index (κ2) is 6.74. The van der Waals surface area contributed by atoms with E-state index in [2.05, 4.69) is 15.1 Å². The van der Waals surface area contributed by atoms with E-state index < -0.39 is 6.55 Å². The van der Waals surface area contributed by atoms with Crippen molar-refractivity contribution in [1.82, 2.24) is 19.7 Å². The van der Waals surface area contributed by atoms with Crippen molar-refractivity contribution in [2.24, 2.45) is 0 Å². The van der Waals surface area contributed by atoms with Crippen molar-refractivity contribution in [3.05, 3.63) is 46.5 Å². The van der Waals surface area contributed by atoms with Crippen LogP contribution in [0.5, 0.6) is 0 Å². The van der Waals surface area contributed by atoms with E-state index in [0.29, 0.717) is 21.4 Å². The molecule has 0 aliphatic heterocycles. The Hall–Kier alpha value is -2.19. The molecule has 0 fully saturated rings. The van der Waals surface area contributed by atoms with E-state index in [-0.39, 0.29) is 18.4 Å². The number of hydrogen-bond acceptors (Lipinski definition) is 5. The Labute approximate surface area is 145 Å². The maximum absolute atomic E-state index is 12.8. The van der Waals surface area contributed by atoms with Gasteiger partial charge in [0.25, 0.3) is 0 Å². The van der Waals surface area contributed by atoms with Gasteiger partial charge >= 0.3 is 12.6 Å². The fraction of sp³-hybridized carbons (Fsp3) is 0.214. The molecule has 0 amide bonds. The number of aromatic nitrogens is 4. The molecule has 24 heavy (non-hydrogen) atoms. The van der Waals surface area contributed by atoms with Crippen molar-refractivity contribution in [3.63, 3.8) is 0 Å². The van der Waals surface area contributed by atoms with E-state index in [1.54, 1.807) is 25.2 Å². The van der Waals surface area contributed by atoms with E-state index in [1.807, 2.05) is 0 Å². The van der Waals surface area contributed by atoms with Gasteiger partial charge in [-0.2, -0.15) is 13.8 Å². The zero-order chi connectivity index (χ0) is 17.3. The fourth-order valence-electron chi connectivity index (χ4n) is 2.09. The Bertz CT molecular complexity index is 831. The number of anilines is 1. The third kappa shape index (κ3) is 3.49. The van der Waals surface area contributed by atoms with E-state index in [4.69, 9.17) is 27.7 Å². The molecule has 0 unspecified atom stereocenters. The number of hydrogen-bond donors (Lipinski definition) is 0. The van der Waals surface area contributed by atoms with Crippen LogP contribution in [0.25, 0.3) is 11.4 Å². The Morgan fingerprint density at radius 2 is 1.96 bits per heavy atom. The number of rotatable bonds is 5. The lowest BCUT2D eigenvalue weighted by molar-refractivity contribution is 0.0670. The van der Waals surface area contributed by atoms with Crippen molar-refractivity contribution >= 4 is 29.2 Å². The standard InChI is InChI=1S/C14H11Cl2F2N5O/c1-22(7-11-19-2-3-23(11)13(17)18)14-20-12(21-24-14)8-4-9(15)6-10(16)5-8/h2-6,13H,7H2,1H3. The first kappa shape index (κ1) is 16.7. The molecule has 0 atom stereocenters. The van der Waals surface area contributed by atoms with Crippen LogP contribution in [0.3, 0.4) is 0 Å². The van der Waals surface area contributed by atoms with Crippen LogP contribution < -0.4 is 4.90 Å². The molecule has 3 aromatic rings. The smallest absolute Gasteiger partial charge is 0.320 e. The minimum absolute atomic E-state index is 0.0786. The summed E-state index contributed by atoms with van der Waals surface area (Å²) in [4.78, 5) is 9.65. The predicted octanol–water partition coefficient (Wildman–Crippen LogP) is 4.27. The van der Waals surface area contributed by atoms with Gasteiger partial charge in [0.05, 0.1) is 6.54 Å². The quantitative estimate of drug-likeness (QED) is 0.668. The van der Waals surface area contributed by atoms with Crippen LogP contribution in [-0.2, 0) is 6.54 Å². The predicted molar refractivity (Wildman–Crippen MR) is 85.3 cm³/mol. The SMILES string of the molecule is CN(Cc1nccn1C(F)F)c1nc(-c2cc(Cl)cc(Cl)c2)no1. The van der Waals surface area contributed by atoms with Gasteiger partial charge in [-0.1, -0.05) is 28.4 Å². The average molecular weight is 374 g/mol. The van der Waals surface area contributed by atoms with Crippen molar-refractivity contribution in [2.45, 2.75) is 13.1 Å². The Kier molecular flexibility index (Phi) is 4.68. The largest absolute Gasteiger partial charge is 0.324 e. The van der Waals surface area contributed by atoms with Gasteiger partial charge < -0.3 is 9.42 Å². The number of alkyl halides is 2. The molecule has 0 bridgehead atoms. The van der Waals surface area contributed by atoms with Crippen LogP contribution in [0.2, 0.25) is 10.0 Å². The summed E-state index contributed by atoms with van der Waals surface area (Å²) in [5.41, 5.74) is 0.588. The van der Waals surface area contributed by atoms with Crippen molar-refractivity contribution in [3.8, 4) is 11.4 Å². The first-order valence-electron chi connectivity index (χ1n) is 6.75. The Balaban J connectivity index is 1.81. The van der Waals surface area contributed by atoms with Gasteiger partial charge in [0.2, 0.25) is 5.82 Å². The fourth-order valence-corrected chi connectivity index (χ4v) is 2.62. The molecule has 0 aliphatic rings. The number of halogens is 4. The van der Waals surface area contributed by atoms with Crippen molar-refractivity contribution in [2.75, 3.05) is 11.9 Å². The summed E-state index contributed by atoms with van der Waals surface area (Å²) in [7, 11) is 1.63. The van der Waals surface area contributed by atoms with Gasteiger partial charge in [0.1, 0.15) is 5.82 Å². The Morgan fingerprint density at radius 3 is 2.62 bits per heavy atom. The summed E-state index contributed by atoms with van der Waals surface area (Å²) in [5.74, 6) is 0.469. The average Bonchev–Trinajstić information content (AvgIpc) is 3.15. The molecule has 0 saturated carbocycles. The molecule has 3 rings (SSSR count). The zero-order valence-electron chi connectivity index (χ0n) is 12.3. The zero-order valence-corrected chi connectivity index (χ0v) is 13.8. The van der Waals surface area contributed by atoms with E-state index >= 15 is 0 Å². The maximum Gasteiger partial charge on any atom is 0.324 e. The molecule has 0 saturated heterocycles. The van der Waals surface area contributed by atoms with Crippen LogP contribution in [0.15, 0.2) is 35.1 Å². The Morgan fingerprint density at radius 1 is 1.25 bits per heavy atom. The molecular weight excluding hydrogens is 363 g/mol. The van der Waals surface area contributed by atoms with Gasteiger partial charge in [-0.25, -0.2) is 4.98 Å². The van der Waals surface area contributed by atoms with E-state index in [9.17, 15) is 8.78 Å². The molecule has 1 aromatic carbocycles. The van der Waals surface area contributed by atoms with Crippen LogP contribution in [0.4, 0.5) is 14.8 Å². The second-order valence-electron chi connectivity index (χ2n) is 4.94. The van der Waals surface area contributed by atoms with E-state index in [1.165, 1.54) is 17.3 Å². The van der Waals surface area contributed by atoms with Crippen molar-refractivity contribution < 1.29 is 13.3 Å². The minimum atomic E-state index is -2.66. The highest BCUT2D eigenvalue weighted by atomic mass is 35.5. The lowest BCUT2D eigenvalue weighted by atomic mass is 10.2. The number of nitrogens with zero attached hydrogens (tertiary/aromatic N) is 5. The number of benzene rings is 1. The highest BCUT2D eigenvalue weighted by molar-refractivity contribution is 6.35. The van der Waals surface area contributed by atoms with Crippen molar-refractivity contribution in [1.29, 1.82) is 0 Å². The van der Waals surface area contributed by atoms with Crippen LogP contribution >= 0.6 is 23.2 Å². The lowest BCUT2D eigenvalue weighted by Crippen LogP contribution is -2.20. The molecule has 10 heteroatoms. The first-order valence-corrected chi connectivity index (χ1v) is 7.51. The van der Waals surface area contributed by atoms with Gasteiger partial charge in [-0.05, 0) is 18.2 Å². The third-order valence-electron chi connectivity index (χ3n) is 3.20. The summed E-state index contributed by atoms with van der Waals surface area (Å²) in [6, 6.07) is 5.03. The molecular formula is C14H11Cl2F2N5O. The molecule has 0 N–H and O–H groups in total. The topological polar surface area (TPSA) is 60.0 Å². The monoisotopic (exact) mass is 373 g/mol. The second-order valence-corrected chi connectivity index (χ2v) is 5.82. The van der Waals surface area contributed by atoms with Crippen LogP contribution in [0.1, 0.15) is 12.4 Å². The summed E-state index contributed by atoms with van der Waals surface area (Å²) >= 11 is 11.9. The molecule has 126 valence electrons. The van der Waals surface area contributed by atoms with Crippen LogP contribution in [0, 0.1) is 0 Å². The molecule has 2 aromatic heterocycles. The summed E-state index contributed by atoms with van der Waals surface area (Å²) in [6.07, 6.45) is 2.52. The lowest BCUT2D eigenvalue weighted by Gasteiger charge is -2.14. The molecule has 0 spiro atoms. The van der Waals surface area contributed by atoms with Gasteiger partial charge in [0, 0.05) is 35.1 Å². The molecule has 6 nitrogen and oxygen atoms in total. The molecule has 0 radical (unpaired) electrons. The summed E-state index contributed by atoms with van der Waals surface area (Å²) < 4.78 is 31.6. The summed E-state index contributed by atoms with van der Waals surface area (Å²) in [5, 5.41) is 4.74. The third-order valence-corrected chi connectivity index (χ3v) is 3.64. The summed E-state index contributed by atoms with van der Waals surface area (Å²) in [6.45, 7) is -2.59. The minimum Gasteiger partial charge on any atom is -0.320 e. The molecule has 2 heterocycles. The first-order chi connectivity index (χ1) is 11.4. The normalized spacial score (nSPS) is 11.2. The highest BCUT2D eigenvalue weighted by Gasteiger charge is 2.17. The highest BCUT2D eigenvalue weighted by Crippen LogP contribution is 2.27.